The van der Waals surface area contributed by atoms with E-state index in [1.165, 1.54) is 6.42 Å². The molecule has 1 aromatic rings. The summed E-state index contributed by atoms with van der Waals surface area (Å²) in [6.07, 6.45) is 5.11. The van der Waals surface area contributed by atoms with E-state index in [1.807, 2.05) is 19.2 Å². The Morgan fingerprint density at radius 1 is 1.60 bits per heavy atom. The molecule has 0 saturated heterocycles. The first-order valence-corrected chi connectivity index (χ1v) is 5.87. The number of rotatable bonds is 2. The summed E-state index contributed by atoms with van der Waals surface area (Å²) in [4.78, 5) is 17.9. The van der Waals surface area contributed by atoms with Crippen molar-refractivity contribution in [3.05, 3.63) is 28.5 Å². The number of halogens is 1. The molecular formula is C11H13BrN2O. The highest BCUT2D eigenvalue weighted by Gasteiger charge is 2.27. The summed E-state index contributed by atoms with van der Waals surface area (Å²) in [7, 11) is 1.85. The predicted octanol–water partition coefficient (Wildman–Crippen LogP) is 2.47. The van der Waals surface area contributed by atoms with Gasteiger partial charge in [-0.15, -0.1) is 0 Å². The van der Waals surface area contributed by atoms with Crippen LogP contribution in [0.3, 0.4) is 0 Å². The number of aromatic nitrogens is 1. The fourth-order valence-electron chi connectivity index (χ4n) is 1.65. The zero-order chi connectivity index (χ0) is 10.8. The number of amides is 1. The number of pyridine rings is 1. The first-order valence-electron chi connectivity index (χ1n) is 5.08. The minimum absolute atomic E-state index is 0.00664. The second kappa shape index (κ2) is 4.31. The third-order valence-electron chi connectivity index (χ3n) is 2.90. The Hall–Kier alpha value is -0.900. The third-order valence-corrected chi connectivity index (χ3v) is 3.54. The van der Waals surface area contributed by atoms with E-state index in [0.29, 0.717) is 11.7 Å². The molecule has 0 spiro atoms. The Morgan fingerprint density at radius 2 is 2.33 bits per heavy atom. The van der Waals surface area contributed by atoms with Gasteiger partial charge in [0.05, 0.1) is 0 Å². The van der Waals surface area contributed by atoms with Gasteiger partial charge in [0.1, 0.15) is 5.69 Å². The minimum Gasteiger partial charge on any atom is -0.337 e. The molecule has 15 heavy (non-hydrogen) atoms. The summed E-state index contributed by atoms with van der Waals surface area (Å²) in [5.41, 5.74) is 0.506. The molecule has 1 fully saturated rings. The van der Waals surface area contributed by atoms with Crippen molar-refractivity contribution in [2.24, 2.45) is 0 Å². The van der Waals surface area contributed by atoms with Crippen LogP contribution in [-0.2, 0) is 0 Å². The second-order valence-electron chi connectivity index (χ2n) is 3.83. The van der Waals surface area contributed by atoms with Crippen molar-refractivity contribution in [2.75, 3.05) is 7.05 Å². The lowest BCUT2D eigenvalue weighted by molar-refractivity contribution is 0.0645. The van der Waals surface area contributed by atoms with Crippen LogP contribution in [0.5, 0.6) is 0 Å². The molecule has 1 amide bonds. The molecule has 4 heteroatoms. The van der Waals surface area contributed by atoms with Crippen LogP contribution >= 0.6 is 15.9 Å². The normalized spacial score (nSPS) is 15.9. The van der Waals surface area contributed by atoms with Gasteiger partial charge in [0.25, 0.3) is 5.91 Å². The lowest BCUT2D eigenvalue weighted by Gasteiger charge is -2.34. The number of nitrogens with zero attached hydrogens (tertiary/aromatic N) is 2. The summed E-state index contributed by atoms with van der Waals surface area (Å²) in [5, 5.41) is 0. The SMILES string of the molecule is CN(C(=O)c1ncccc1Br)C1CCC1. The van der Waals surface area contributed by atoms with Gasteiger partial charge in [-0.1, -0.05) is 0 Å². The standard InChI is InChI=1S/C11H13BrN2O/c1-14(8-4-2-5-8)11(15)10-9(12)6-3-7-13-10/h3,6-8H,2,4-5H2,1H3. The van der Waals surface area contributed by atoms with Crippen LogP contribution in [0.4, 0.5) is 0 Å². The van der Waals surface area contributed by atoms with Crippen molar-refractivity contribution >= 4 is 21.8 Å². The van der Waals surface area contributed by atoms with Crippen LogP contribution in [0.15, 0.2) is 22.8 Å². The van der Waals surface area contributed by atoms with E-state index in [1.54, 1.807) is 11.1 Å². The zero-order valence-corrected chi connectivity index (χ0v) is 10.2. The van der Waals surface area contributed by atoms with Gasteiger partial charge >= 0.3 is 0 Å². The lowest BCUT2D eigenvalue weighted by Crippen LogP contribution is -2.41. The fraction of sp³-hybridized carbons (Fsp3) is 0.455. The quantitative estimate of drug-likeness (QED) is 0.826. The monoisotopic (exact) mass is 268 g/mol. The van der Waals surface area contributed by atoms with Gasteiger partial charge in [-0.3, -0.25) is 4.79 Å². The Balaban J connectivity index is 2.16. The molecule has 0 aromatic carbocycles. The van der Waals surface area contributed by atoms with E-state index in [0.717, 1.165) is 17.3 Å². The van der Waals surface area contributed by atoms with Crippen LogP contribution in [-0.4, -0.2) is 28.9 Å². The average Bonchev–Trinajstić information content (AvgIpc) is 2.15. The number of hydrogen-bond acceptors (Lipinski definition) is 2. The van der Waals surface area contributed by atoms with Crippen LogP contribution in [0.25, 0.3) is 0 Å². The van der Waals surface area contributed by atoms with Gasteiger partial charge in [0.2, 0.25) is 0 Å². The molecule has 0 N–H and O–H groups in total. The molecule has 2 rings (SSSR count). The van der Waals surface area contributed by atoms with Crippen molar-refractivity contribution in [2.45, 2.75) is 25.3 Å². The maximum Gasteiger partial charge on any atom is 0.273 e. The van der Waals surface area contributed by atoms with Gasteiger partial charge in [-0.25, -0.2) is 4.98 Å². The van der Waals surface area contributed by atoms with Gasteiger partial charge in [-0.05, 0) is 47.3 Å². The maximum atomic E-state index is 12.0. The molecule has 1 aliphatic carbocycles. The molecule has 0 aliphatic heterocycles. The number of carbonyl (C=O) groups excluding carboxylic acids is 1. The Bertz CT molecular complexity index is 377. The molecule has 80 valence electrons. The molecule has 1 aromatic heterocycles. The smallest absolute Gasteiger partial charge is 0.273 e. The highest BCUT2D eigenvalue weighted by atomic mass is 79.9. The van der Waals surface area contributed by atoms with E-state index >= 15 is 0 Å². The summed E-state index contributed by atoms with van der Waals surface area (Å²) in [6.45, 7) is 0. The van der Waals surface area contributed by atoms with E-state index < -0.39 is 0 Å². The highest BCUT2D eigenvalue weighted by molar-refractivity contribution is 9.10. The summed E-state index contributed by atoms with van der Waals surface area (Å²) < 4.78 is 0.765. The fourth-order valence-corrected chi connectivity index (χ4v) is 2.07. The molecule has 1 saturated carbocycles. The Morgan fingerprint density at radius 3 is 2.87 bits per heavy atom. The molecule has 0 unspecified atom stereocenters. The van der Waals surface area contributed by atoms with E-state index in [-0.39, 0.29) is 5.91 Å². The molecule has 1 aliphatic rings. The Kier molecular flexibility index (Phi) is 3.05. The van der Waals surface area contributed by atoms with Gasteiger partial charge in [0, 0.05) is 23.8 Å². The van der Waals surface area contributed by atoms with Crippen molar-refractivity contribution in [1.29, 1.82) is 0 Å². The first kappa shape index (κ1) is 10.6. The average molecular weight is 269 g/mol. The van der Waals surface area contributed by atoms with Gasteiger partial charge in [0.15, 0.2) is 0 Å². The van der Waals surface area contributed by atoms with Crippen molar-refractivity contribution < 1.29 is 4.79 Å². The predicted molar refractivity (Wildman–Crippen MR) is 61.7 cm³/mol. The van der Waals surface area contributed by atoms with Crippen LogP contribution in [0.1, 0.15) is 29.8 Å². The summed E-state index contributed by atoms with van der Waals surface area (Å²) in [5.74, 6) is 0.00664. The molecular weight excluding hydrogens is 256 g/mol. The van der Waals surface area contributed by atoms with Gasteiger partial charge < -0.3 is 4.90 Å². The van der Waals surface area contributed by atoms with Crippen LogP contribution in [0, 0.1) is 0 Å². The van der Waals surface area contributed by atoms with E-state index in [2.05, 4.69) is 20.9 Å². The zero-order valence-electron chi connectivity index (χ0n) is 8.61. The van der Waals surface area contributed by atoms with Gasteiger partial charge in [-0.2, -0.15) is 0 Å². The largest absolute Gasteiger partial charge is 0.337 e. The topological polar surface area (TPSA) is 33.2 Å². The molecule has 0 bridgehead atoms. The third kappa shape index (κ3) is 2.04. The number of carbonyl (C=O) groups is 1. The first-order chi connectivity index (χ1) is 7.20. The highest BCUT2D eigenvalue weighted by Crippen LogP contribution is 2.25. The number of hydrogen-bond donors (Lipinski definition) is 0. The summed E-state index contributed by atoms with van der Waals surface area (Å²) in [6, 6.07) is 4.06. The van der Waals surface area contributed by atoms with Crippen molar-refractivity contribution in [3.8, 4) is 0 Å². The molecule has 3 nitrogen and oxygen atoms in total. The van der Waals surface area contributed by atoms with Crippen molar-refractivity contribution in [1.82, 2.24) is 9.88 Å². The maximum absolute atomic E-state index is 12.0. The molecule has 0 radical (unpaired) electrons. The van der Waals surface area contributed by atoms with E-state index in [9.17, 15) is 4.79 Å². The van der Waals surface area contributed by atoms with E-state index in [4.69, 9.17) is 0 Å². The summed E-state index contributed by atoms with van der Waals surface area (Å²) >= 11 is 3.34. The lowest BCUT2D eigenvalue weighted by atomic mass is 9.92. The molecule has 1 heterocycles. The molecule has 0 atom stereocenters. The van der Waals surface area contributed by atoms with Crippen LogP contribution in [0.2, 0.25) is 0 Å². The second-order valence-corrected chi connectivity index (χ2v) is 4.69. The minimum atomic E-state index is 0.00664. The Labute approximate surface area is 97.6 Å². The van der Waals surface area contributed by atoms with Crippen LogP contribution < -0.4 is 0 Å². The van der Waals surface area contributed by atoms with Crippen molar-refractivity contribution in [3.63, 3.8) is 0 Å².